The SMILES string of the molecule is CCCc1ncc(-c2ccncc2)c([C@@H]2CCCCN2C(=O)CCc2cc(OC)no2)n1. The van der Waals surface area contributed by atoms with Crippen LogP contribution in [0.25, 0.3) is 11.1 Å². The number of methoxy groups -OCH3 is 1. The van der Waals surface area contributed by atoms with Crippen molar-refractivity contribution in [1.82, 2.24) is 25.0 Å². The number of hydrogen-bond donors (Lipinski definition) is 0. The van der Waals surface area contributed by atoms with Gasteiger partial charge < -0.3 is 14.2 Å². The van der Waals surface area contributed by atoms with Gasteiger partial charge in [0.2, 0.25) is 5.91 Å². The lowest BCUT2D eigenvalue weighted by Crippen LogP contribution is -2.39. The maximum atomic E-state index is 13.3. The molecule has 3 aromatic rings. The van der Waals surface area contributed by atoms with Crippen LogP contribution in [0, 0.1) is 0 Å². The fraction of sp³-hybridized carbons (Fsp3) is 0.458. The van der Waals surface area contributed by atoms with Gasteiger partial charge in [0.05, 0.1) is 18.8 Å². The van der Waals surface area contributed by atoms with E-state index < -0.39 is 0 Å². The highest BCUT2D eigenvalue weighted by molar-refractivity contribution is 5.77. The largest absolute Gasteiger partial charge is 0.479 e. The third-order valence-electron chi connectivity index (χ3n) is 5.80. The van der Waals surface area contributed by atoms with E-state index in [4.69, 9.17) is 14.2 Å². The zero-order valence-corrected chi connectivity index (χ0v) is 18.7. The summed E-state index contributed by atoms with van der Waals surface area (Å²) >= 11 is 0. The molecular weight excluding hydrogens is 406 g/mol. The molecule has 32 heavy (non-hydrogen) atoms. The van der Waals surface area contributed by atoms with Crippen molar-refractivity contribution in [3.8, 4) is 17.0 Å². The maximum Gasteiger partial charge on any atom is 0.254 e. The average molecular weight is 436 g/mol. The fourth-order valence-corrected chi connectivity index (χ4v) is 4.18. The minimum Gasteiger partial charge on any atom is -0.479 e. The highest BCUT2D eigenvalue weighted by Crippen LogP contribution is 2.36. The molecule has 0 radical (unpaired) electrons. The van der Waals surface area contributed by atoms with Crippen molar-refractivity contribution in [2.24, 2.45) is 0 Å². The lowest BCUT2D eigenvalue weighted by atomic mass is 9.93. The molecule has 4 rings (SSSR count). The van der Waals surface area contributed by atoms with Gasteiger partial charge in [0.15, 0.2) is 0 Å². The number of carbonyl (C=O) groups excluding carboxylic acids is 1. The van der Waals surface area contributed by atoms with Gasteiger partial charge >= 0.3 is 0 Å². The number of aryl methyl sites for hydroxylation is 2. The predicted octanol–water partition coefficient (Wildman–Crippen LogP) is 4.17. The van der Waals surface area contributed by atoms with E-state index in [0.717, 1.165) is 61.3 Å². The van der Waals surface area contributed by atoms with E-state index in [-0.39, 0.29) is 11.9 Å². The van der Waals surface area contributed by atoms with E-state index in [1.54, 1.807) is 25.6 Å². The van der Waals surface area contributed by atoms with Crippen molar-refractivity contribution in [2.45, 2.75) is 57.9 Å². The van der Waals surface area contributed by atoms with Crippen LogP contribution in [0.4, 0.5) is 0 Å². The number of pyridine rings is 1. The normalized spacial score (nSPS) is 16.2. The zero-order valence-electron chi connectivity index (χ0n) is 18.7. The summed E-state index contributed by atoms with van der Waals surface area (Å²) in [4.78, 5) is 28.9. The van der Waals surface area contributed by atoms with Gasteiger partial charge in [0.1, 0.15) is 11.6 Å². The molecule has 3 aromatic heterocycles. The monoisotopic (exact) mass is 435 g/mol. The number of amides is 1. The first-order valence-corrected chi connectivity index (χ1v) is 11.2. The molecule has 8 heteroatoms. The average Bonchev–Trinajstić information content (AvgIpc) is 3.31. The van der Waals surface area contributed by atoms with Crippen LogP contribution >= 0.6 is 0 Å². The Bertz CT molecular complexity index is 1040. The summed E-state index contributed by atoms with van der Waals surface area (Å²) in [6.45, 7) is 2.85. The lowest BCUT2D eigenvalue weighted by molar-refractivity contribution is -0.135. The third-order valence-corrected chi connectivity index (χ3v) is 5.80. The lowest BCUT2D eigenvalue weighted by Gasteiger charge is -2.36. The minimum absolute atomic E-state index is 0.0673. The van der Waals surface area contributed by atoms with Gasteiger partial charge in [0.25, 0.3) is 5.88 Å². The second kappa shape index (κ2) is 10.3. The highest BCUT2D eigenvalue weighted by Gasteiger charge is 2.31. The van der Waals surface area contributed by atoms with Crippen LogP contribution < -0.4 is 4.74 Å². The minimum atomic E-state index is -0.0673. The van der Waals surface area contributed by atoms with Crippen molar-refractivity contribution >= 4 is 5.91 Å². The summed E-state index contributed by atoms with van der Waals surface area (Å²) < 4.78 is 10.3. The second-order valence-corrected chi connectivity index (χ2v) is 8.01. The Morgan fingerprint density at radius 2 is 2.09 bits per heavy atom. The number of piperidine rings is 1. The summed E-state index contributed by atoms with van der Waals surface area (Å²) in [7, 11) is 1.54. The molecule has 1 aliphatic rings. The molecule has 0 saturated carbocycles. The molecule has 1 aliphatic heterocycles. The van der Waals surface area contributed by atoms with Gasteiger partial charge in [-0.1, -0.05) is 6.92 Å². The van der Waals surface area contributed by atoms with Crippen molar-refractivity contribution < 1.29 is 14.1 Å². The Balaban J connectivity index is 1.60. The van der Waals surface area contributed by atoms with Crippen LogP contribution in [-0.2, 0) is 17.6 Å². The Morgan fingerprint density at radius 3 is 2.84 bits per heavy atom. The summed E-state index contributed by atoms with van der Waals surface area (Å²) in [5, 5.41) is 3.82. The molecule has 4 heterocycles. The quantitative estimate of drug-likeness (QED) is 0.524. The Labute approximate surface area is 188 Å². The molecule has 0 N–H and O–H groups in total. The molecule has 0 aliphatic carbocycles. The van der Waals surface area contributed by atoms with Crippen LogP contribution in [0.5, 0.6) is 5.88 Å². The number of rotatable bonds is 8. The van der Waals surface area contributed by atoms with Crippen LogP contribution in [0.2, 0.25) is 0 Å². The van der Waals surface area contributed by atoms with Crippen molar-refractivity contribution in [2.75, 3.05) is 13.7 Å². The second-order valence-electron chi connectivity index (χ2n) is 8.01. The first kappa shape index (κ1) is 21.9. The fourth-order valence-electron chi connectivity index (χ4n) is 4.18. The summed E-state index contributed by atoms with van der Waals surface area (Å²) in [6, 6.07) is 5.59. The number of aromatic nitrogens is 4. The first-order chi connectivity index (χ1) is 15.7. The van der Waals surface area contributed by atoms with Crippen LogP contribution in [0.1, 0.15) is 62.3 Å². The van der Waals surface area contributed by atoms with E-state index >= 15 is 0 Å². The molecule has 0 spiro atoms. The third kappa shape index (κ3) is 4.95. The van der Waals surface area contributed by atoms with Gasteiger partial charge in [-0.15, -0.1) is 0 Å². The van der Waals surface area contributed by atoms with Crippen LogP contribution in [0.3, 0.4) is 0 Å². The van der Waals surface area contributed by atoms with Gasteiger partial charge in [-0.2, -0.15) is 0 Å². The molecule has 0 bridgehead atoms. The number of hydrogen-bond acceptors (Lipinski definition) is 7. The first-order valence-electron chi connectivity index (χ1n) is 11.2. The van der Waals surface area contributed by atoms with E-state index in [1.807, 2.05) is 23.2 Å². The predicted molar refractivity (Wildman–Crippen MR) is 119 cm³/mol. The van der Waals surface area contributed by atoms with E-state index in [2.05, 4.69) is 22.0 Å². The molecule has 1 fully saturated rings. The molecular formula is C24H29N5O3. The van der Waals surface area contributed by atoms with Crippen molar-refractivity contribution in [3.63, 3.8) is 0 Å². The number of nitrogens with zero attached hydrogens (tertiary/aromatic N) is 5. The summed E-state index contributed by atoms with van der Waals surface area (Å²) in [5.74, 6) is 2.00. The maximum absolute atomic E-state index is 13.3. The molecule has 1 amide bonds. The summed E-state index contributed by atoms with van der Waals surface area (Å²) in [6.07, 6.45) is 11.0. The van der Waals surface area contributed by atoms with Crippen molar-refractivity contribution in [1.29, 1.82) is 0 Å². The topological polar surface area (TPSA) is 94.2 Å². The van der Waals surface area contributed by atoms with Gasteiger partial charge in [0, 0.05) is 56.0 Å². The van der Waals surface area contributed by atoms with E-state index in [0.29, 0.717) is 24.5 Å². The molecule has 8 nitrogen and oxygen atoms in total. The van der Waals surface area contributed by atoms with Crippen molar-refractivity contribution in [3.05, 3.63) is 54.1 Å². The Kier molecular flexibility index (Phi) is 7.09. The molecule has 168 valence electrons. The van der Waals surface area contributed by atoms with Gasteiger partial charge in [-0.3, -0.25) is 9.78 Å². The number of likely N-dealkylation sites (tertiary alicyclic amines) is 1. The molecule has 1 saturated heterocycles. The molecule has 0 aromatic carbocycles. The highest BCUT2D eigenvalue weighted by atomic mass is 16.5. The molecule has 0 unspecified atom stereocenters. The Hall–Kier alpha value is -3.29. The van der Waals surface area contributed by atoms with E-state index in [9.17, 15) is 4.79 Å². The van der Waals surface area contributed by atoms with Gasteiger partial charge in [-0.05, 0) is 48.5 Å². The Morgan fingerprint density at radius 1 is 1.25 bits per heavy atom. The van der Waals surface area contributed by atoms with Crippen LogP contribution in [-0.4, -0.2) is 44.6 Å². The smallest absolute Gasteiger partial charge is 0.254 e. The van der Waals surface area contributed by atoms with E-state index in [1.165, 1.54) is 0 Å². The number of ether oxygens (including phenoxy) is 1. The summed E-state index contributed by atoms with van der Waals surface area (Å²) in [5.41, 5.74) is 2.92. The molecule has 1 atom stereocenters. The number of carbonyl (C=O) groups is 1. The van der Waals surface area contributed by atoms with Crippen LogP contribution in [0.15, 0.2) is 41.3 Å². The standard InChI is InChI=1S/C24H29N5O3/c1-3-6-21-26-16-19(17-10-12-25-13-11-17)24(27-21)20-7-4-5-14-29(20)23(30)9-8-18-15-22(31-2)28-32-18/h10-13,15-16,20H,3-9,14H2,1-2H3/t20-/m0/s1. The van der Waals surface area contributed by atoms with Gasteiger partial charge in [-0.25, -0.2) is 9.97 Å². The zero-order chi connectivity index (χ0) is 22.3.